The number of thiazole rings is 1. The lowest BCUT2D eigenvalue weighted by Crippen LogP contribution is -3.00. The summed E-state index contributed by atoms with van der Waals surface area (Å²) in [6.45, 7) is 1.42. The summed E-state index contributed by atoms with van der Waals surface area (Å²) in [7, 11) is 1.72. The molecule has 23 heavy (non-hydrogen) atoms. The molecule has 3 rings (SSSR count). The molecule has 4 nitrogen and oxygen atoms in total. The van der Waals surface area contributed by atoms with Crippen molar-refractivity contribution in [2.75, 3.05) is 13.7 Å². The molecule has 0 unspecified atom stereocenters. The molecule has 0 spiro atoms. The Balaban J connectivity index is 0.00000192. The molecular formula is C17H17BrN3OS-. The van der Waals surface area contributed by atoms with Gasteiger partial charge in [-0.3, -0.25) is 4.98 Å². The molecule has 0 fully saturated rings. The predicted octanol–water partition coefficient (Wildman–Crippen LogP) is 0.494. The van der Waals surface area contributed by atoms with E-state index >= 15 is 0 Å². The molecular weight excluding hydrogens is 374 g/mol. The summed E-state index contributed by atoms with van der Waals surface area (Å²) in [6.07, 6.45) is 3.52. The molecule has 0 saturated carbocycles. The van der Waals surface area contributed by atoms with Crippen molar-refractivity contribution in [3.8, 4) is 11.3 Å². The van der Waals surface area contributed by atoms with Gasteiger partial charge in [0.1, 0.15) is 0 Å². The van der Waals surface area contributed by atoms with Crippen LogP contribution in [0.2, 0.25) is 0 Å². The third-order valence-electron chi connectivity index (χ3n) is 3.26. The fourth-order valence-corrected chi connectivity index (χ4v) is 3.14. The largest absolute Gasteiger partial charge is 1.00 e. The van der Waals surface area contributed by atoms with E-state index in [-0.39, 0.29) is 17.0 Å². The Kier molecular flexibility index (Phi) is 6.70. The van der Waals surface area contributed by atoms with Crippen molar-refractivity contribution in [3.63, 3.8) is 0 Å². The molecule has 0 aliphatic heterocycles. The minimum atomic E-state index is 0. The van der Waals surface area contributed by atoms with Crippen molar-refractivity contribution < 1.29 is 21.7 Å². The predicted molar refractivity (Wildman–Crippen MR) is 89.1 cm³/mol. The SMILES string of the molecule is COCCn1c(-c2ccccc2)csc1=Nc1cccnc1.[Br-]. The smallest absolute Gasteiger partial charge is 0.190 e. The summed E-state index contributed by atoms with van der Waals surface area (Å²) in [4.78, 5) is 9.77. The Morgan fingerprint density at radius 1 is 1.17 bits per heavy atom. The van der Waals surface area contributed by atoms with Gasteiger partial charge in [0.25, 0.3) is 0 Å². The molecule has 0 N–H and O–H groups in total. The fourth-order valence-electron chi connectivity index (χ4n) is 2.19. The van der Waals surface area contributed by atoms with Gasteiger partial charge in [-0.25, -0.2) is 4.99 Å². The van der Waals surface area contributed by atoms with E-state index < -0.39 is 0 Å². The van der Waals surface area contributed by atoms with Gasteiger partial charge in [0, 0.05) is 25.2 Å². The number of methoxy groups -OCH3 is 1. The highest BCUT2D eigenvalue weighted by Crippen LogP contribution is 2.20. The average molecular weight is 391 g/mol. The van der Waals surface area contributed by atoms with Crippen LogP contribution in [-0.4, -0.2) is 23.3 Å². The Labute approximate surface area is 149 Å². The normalized spacial score (nSPS) is 11.3. The topological polar surface area (TPSA) is 39.4 Å². The van der Waals surface area contributed by atoms with Crippen LogP contribution in [0.5, 0.6) is 0 Å². The number of hydrogen-bond acceptors (Lipinski definition) is 4. The highest BCUT2D eigenvalue weighted by molar-refractivity contribution is 7.07. The summed E-state index contributed by atoms with van der Waals surface area (Å²) in [6, 6.07) is 14.2. The quantitative estimate of drug-likeness (QED) is 0.636. The van der Waals surface area contributed by atoms with E-state index in [9.17, 15) is 0 Å². The van der Waals surface area contributed by atoms with Crippen LogP contribution in [0.3, 0.4) is 0 Å². The van der Waals surface area contributed by atoms with Gasteiger partial charge in [-0.1, -0.05) is 30.3 Å². The number of ether oxygens (including phenoxy) is 1. The van der Waals surface area contributed by atoms with Gasteiger partial charge in [0.15, 0.2) is 4.80 Å². The number of benzene rings is 1. The standard InChI is InChI=1S/C17H17N3OS.BrH/c1-21-11-10-20-16(14-6-3-2-4-7-14)13-22-17(20)19-15-8-5-9-18-12-15;/h2-9,12-13H,10-11H2,1H3;1H/p-1. The van der Waals surface area contributed by atoms with Gasteiger partial charge in [-0.05, 0) is 17.7 Å². The first kappa shape index (κ1) is 17.6. The van der Waals surface area contributed by atoms with Crippen LogP contribution in [0.4, 0.5) is 5.69 Å². The highest BCUT2D eigenvalue weighted by atomic mass is 79.9. The average Bonchev–Trinajstić information content (AvgIpc) is 2.97. The summed E-state index contributed by atoms with van der Waals surface area (Å²) in [5, 5.41) is 2.14. The van der Waals surface area contributed by atoms with Crippen LogP contribution in [0.15, 0.2) is 65.2 Å². The van der Waals surface area contributed by atoms with E-state index in [0.717, 1.165) is 22.7 Å². The maximum absolute atomic E-state index is 5.24. The second-order valence-corrected chi connectivity index (χ2v) is 5.57. The van der Waals surface area contributed by atoms with Crippen LogP contribution >= 0.6 is 11.3 Å². The molecule has 120 valence electrons. The fraction of sp³-hybridized carbons (Fsp3) is 0.176. The Morgan fingerprint density at radius 3 is 2.70 bits per heavy atom. The number of halogens is 1. The molecule has 0 atom stereocenters. The first-order valence-corrected chi connectivity index (χ1v) is 7.94. The third kappa shape index (κ3) is 4.37. The van der Waals surface area contributed by atoms with E-state index in [1.165, 1.54) is 5.56 Å². The van der Waals surface area contributed by atoms with Gasteiger partial charge in [-0.15, -0.1) is 11.3 Å². The monoisotopic (exact) mass is 390 g/mol. The van der Waals surface area contributed by atoms with E-state index in [2.05, 4.69) is 27.1 Å². The third-order valence-corrected chi connectivity index (χ3v) is 4.12. The second kappa shape index (κ2) is 8.76. The molecule has 2 aromatic heterocycles. The van der Waals surface area contributed by atoms with Crippen LogP contribution in [0.1, 0.15) is 0 Å². The van der Waals surface area contributed by atoms with Crippen LogP contribution in [0.25, 0.3) is 11.3 Å². The summed E-state index contributed by atoms with van der Waals surface area (Å²) >= 11 is 1.63. The highest BCUT2D eigenvalue weighted by Gasteiger charge is 2.07. The van der Waals surface area contributed by atoms with Crippen LogP contribution in [-0.2, 0) is 11.3 Å². The van der Waals surface area contributed by atoms with Gasteiger partial charge in [0.05, 0.1) is 24.2 Å². The molecule has 0 aliphatic rings. The molecule has 2 heterocycles. The minimum Gasteiger partial charge on any atom is -1.00 e. The number of pyridine rings is 1. The van der Waals surface area contributed by atoms with Crippen molar-refractivity contribution in [1.82, 2.24) is 9.55 Å². The molecule has 6 heteroatoms. The number of rotatable bonds is 5. The molecule has 0 saturated heterocycles. The number of hydrogen-bond donors (Lipinski definition) is 0. The summed E-state index contributed by atoms with van der Waals surface area (Å²) in [5.41, 5.74) is 3.20. The zero-order valence-corrected chi connectivity index (χ0v) is 15.1. The molecule has 0 aliphatic carbocycles. The first-order chi connectivity index (χ1) is 10.9. The Hall–Kier alpha value is -1.76. The van der Waals surface area contributed by atoms with Crippen molar-refractivity contribution in [1.29, 1.82) is 0 Å². The zero-order chi connectivity index (χ0) is 15.2. The molecule has 0 radical (unpaired) electrons. The van der Waals surface area contributed by atoms with Gasteiger partial charge in [-0.2, -0.15) is 0 Å². The molecule has 0 amide bonds. The van der Waals surface area contributed by atoms with Gasteiger partial charge >= 0.3 is 0 Å². The Bertz CT molecular complexity index is 784. The minimum absolute atomic E-state index is 0. The number of nitrogens with zero attached hydrogens (tertiary/aromatic N) is 3. The Morgan fingerprint density at radius 2 is 2.00 bits per heavy atom. The number of aromatic nitrogens is 2. The van der Waals surface area contributed by atoms with E-state index in [1.807, 2.05) is 30.3 Å². The summed E-state index contributed by atoms with van der Waals surface area (Å²) in [5.74, 6) is 0. The lowest BCUT2D eigenvalue weighted by molar-refractivity contribution is -0.00000481. The van der Waals surface area contributed by atoms with Crippen molar-refractivity contribution in [3.05, 3.63) is 65.0 Å². The van der Waals surface area contributed by atoms with Gasteiger partial charge < -0.3 is 26.3 Å². The van der Waals surface area contributed by atoms with Crippen LogP contribution < -0.4 is 21.8 Å². The van der Waals surface area contributed by atoms with Crippen LogP contribution in [0, 0.1) is 0 Å². The van der Waals surface area contributed by atoms with Crippen molar-refractivity contribution >= 4 is 17.0 Å². The molecule has 3 aromatic rings. The lowest BCUT2D eigenvalue weighted by atomic mass is 10.2. The van der Waals surface area contributed by atoms with Gasteiger partial charge in [0.2, 0.25) is 0 Å². The van der Waals surface area contributed by atoms with Crippen molar-refractivity contribution in [2.45, 2.75) is 6.54 Å². The van der Waals surface area contributed by atoms with E-state index in [4.69, 9.17) is 9.73 Å². The second-order valence-electron chi connectivity index (χ2n) is 4.74. The van der Waals surface area contributed by atoms with Crippen molar-refractivity contribution in [2.24, 2.45) is 4.99 Å². The first-order valence-electron chi connectivity index (χ1n) is 7.06. The van der Waals surface area contributed by atoms with E-state index in [1.54, 1.807) is 30.8 Å². The lowest BCUT2D eigenvalue weighted by Gasteiger charge is -2.08. The molecule has 1 aromatic carbocycles. The maximum Gasteiger partial charge on any atom is 0.190 e. The molecule has 0 bridgehead atoms. The zero-order valence-electron chi connectivity index (χ0n) is 12.7. The van der Waals surface area contributed by atoms with E-state index in [0.29, 0.717) is 6.61 Å². The summed E-state index contributed by atoms with van der Waals surface area (Å²) < 4.78 is 7.43. The maximum atomic E-state index is 5.24.